The van der Waals surface area contributed by atoms with Crippen molar-refractivity contribution in [2.24, 2.45) is 0 Å². The number of nitrogens with one attached hydrogen (secondary N) is 2. The van der Waals surface area contributed by atoms with Crippen LogP contribution in [0.15, 0.2) is 29.2 Å². The van der Waals surface area contributed by atoms with Gasteiger partial charge in [-0.15, -0.1) is 0 Å². The van der Waals surface area contributed by atoms with Crippen LogP contribution < -0.4 is 10.6 Å². The van der Waals surface area contributed by atoms with Crippen LogP contribution in [-0.4, -0.2) is 39.1 Å². The fourth-order valence-corrected chi connectivity index (χ4v) is 2.75. The summed E-state index contributed by atoms with van der Waals surface area (Å²) in [6, 6.07) is 4.39. The first-order chi connectivity index (χ1) is 9.85. The Balaban J connectivity index is 2.48. The minimum Gasteiger partial charge on any atom is -0.355 e. The second-order valence-corrected chi connectivity index (χ2v) is 6.36. The van der Waals surface area contributed by atoms with Gasteiger partial charge in [0.1, 0.15) is 5.82 Å². The maximum atomic E-state index is 12.7. The SMILES string of the molecule is CCNC(=O)CNC(=O)CCS(=O)(=O)c1ccc(F)cc1. The number of likely N-dealkylation sites (N-methyl/N-ethyl adjacent to an activating group) is 1. The van der Waals surface area contributed by atoms with Crippen molar-refractivity contribution in [1.82, 2.24) is 10.6 Å². The van der Waals surface area contributed by atoms with Crippen LogP contribution in [0.25, 0.3) is 0 Å². The van der Waals surface area contributed by atoms with Gasteiger partial charge in [0.05, 0.1) is 17.2 Å². The Bertz CT molecular complexity index is 599. The molecule has 0 unspecified atom stereocenters. The molecule has 0 saturated heterocycles. The van der Waals surface area contributed by atoms with E-state index in [0.717, 1.165) is 24.3 Å². The molecule has 0 radical (unpaired) electrons. The summed E-state index contributed by atoms with van der Waals surface area (Å²) in [5.41, 5.74) is 0. The first-order valence-electron chi connectivity index (χ1n) is 6.37. The molecule has 0 spiro atoms. The van der Waals surface area contributed by atoms with Crippen LogP contribution in [0.5, 0.6) is 0 Å². The average Bonchev–Trinajstić information content (AvgIpc) is 2.44. The van der Waals surface area contributed by atoms with Crippen LogP contribution in [-0.2, 0) is 19.4 Å². The molecule has 1 rings (SSSR count). The third-order valence-electron chi connectivity index (χ3n) is 2.59. The van der Waals surface area contributed by atoms with Crippen LogP contribution in [0.3, 0.4) is 0 Å². The smallest absolute Gasteiger partial charge is 0.239 e. The molecule has 2 N–H and O–H groups in total. The molecule has 0 saturated carbocycles. The molecule has 0 aliphatic carbocycles. The van der Waals surface area contributed by atoms with E-state index < -0.39 is 27.3 Å². The van der Waals surface area contributed by atoms with Crippen LogP contribution >= 0.6 is 0 Å². The molecular formula is C13H17FN2O4S. The first kappa shape index (κ1) is 17.1. The van der Waals surface area contributed by atoms with Gasteiger partial charge in [0.2, 0.25) is 11.8 Å². The normalized spacial score (nSPS) is 11.0. The van der Waals surface area contributed by atoms with Crippen molar-refractivity contribution in [3.8, 4) is 0 Å². The topological polar surface area (TPSA) is 92.3 Å². The molecular weight excluding hydrogens is 299 g/mol. The van der Waals surface area contributed by atoms with Gasteiger partial charge in [0.25, 0.3) is 0 Å². The minimum absolute atomic E-state index is 0.0413. The molecule has 0 heterocycles. The van der Waals surface area contributed by atoms with Crippen molar-refractivity contribution in [1.29, 1.82) is 0 Å². The van der Waals surface area contributed by atoms with Crippen molar-refractivity contribution in [2.75, 3.05) is 18.8 Å². The Morgan fingerprint density at radius 1 is 1.10 bits per heavy atom. The lowest BCUT2D eigenvalue weighted by atomic mass is 10.4. The molecule has 8 heteroatoms. The molecule has 0 aliphatic heterocycles. The zero-order valence-corrected chi connectivity index (χ0v) is 12.4. The number of hydrogen-bond acceptors (Lipinski definition) is 4. The third kappa shape index (κ3) is 5.90. The van der Waals surface area contributed by atoms with Gasteiger partial charge in [-0.3, -0.25) is 9.59 Å². The van der Waals surface area contributed by atoms with E-state index in [-0.39, 0.29) is 23.8 Å². The second kappa shape index (κ2) is 7.72. The fourth-order valence-electron chi connectivity index (χ4n) is 1.51. The number of benzene rings is 1. The highest BCUT2D eigenvalue weighted by Gasteiger charge is 2.16. The van der Waals surface area contributed by atoms with E-state index in [1.807, 2.05) is 0 Å². The number of carbonyl (C=O) groups excluding carboxylic acids is 2. The van der Waals surface area contributed by atoms with Crippen LogP contribution in [0.4, 0.5) is 4.39 Å². The Morgan fingerprint density at radius 2 is 1.71 bits per heavy atom. The molecule has 0 fully saturated rings. The fraction of sp³-hybridized carbons (Fsp3) is 0.385. The van der Waals surface area contributed by atoms with Crippen LogP contribution in [0.1, 0.15) is 13.3 Å². The molecule has 116 valence electrons. The molecule has 1 aromatic rings. The van der Waals surface area contributed by atoms with E-state index in [9.17, 15) is 22.4 Å². The number of rotatable bonds is 7. The predicted molar refractivity (Wildman–Crippen MR) is 74.8 cm³/mol. The lowest BCUT2D eigenvalue weighted by molar-refractivity contribution is -0.125. The monoisotopic (exact) mass is 316 g/mol. The molecule has 1 aromatic carbocycles. The lowest BCUT2D eigenvalue weighted by Gasteiger charge is -2.06. The number of halogens is 1. The van der Waals surface area contributed by atoms with Gasteiger partial charge in [0.15, 0.2) is 9.84 Å². The molecule has 2 amide bonds. The van der Waals surface area contributed by atoms with Crippen molar-refractivity contribution < 1.29 is 22.4 Å². The predicted octanol–water partition coefficient (Wildman–Crippen LogP) is 0.242. The van der Waals surface area contributed by atoms with Gasteiger partial charge >= 0.3 is 0 Å². The summed E-state index contributed by atoms with van der Waals surface area (Å²) in [6.45, 7) is 2.01. The Labute approximate surface area is 122 Å². The zero-order chi connectivity index (χ0) is 15.9. The highest BCUT2D eigenvalue weighted by molar-refractivity contribution is 7.91. The van der Waals surface area contributed by atoms with Crippen molar-refractivity contribution in [3.05, 3.63) is 30.1 Å². The highest BCUT2D eigenvalue weighted by atomic mass is 32.2. The van der Waals surface area contributed by atoms with E-state index in [1.54, 1.807) is 6.92 Å². The maximum absolute atomic E-state index is 12.7. The van der Waals surface area contributed by atoms with E-state index in [0.29, 0.717) is 6.54 Å². The van der Waals surface area contributed by atoms with Gasteiger partial charge in [-0.1, -0.05) is 0 Å². The van der Waals surface area contributed by atoms with E-state index in [2.05, 4.69) is 10.6 Å². The van der Waals surface area contributed by atoms with E-state index in [1.165, 1.54) is 0 Å². The summed E-state index contributed by atoms with van der Waals surface area (Å²) >= 11 is 0. The van der Waals surface area contributed by atoms with Gasteiger partial charge in [0, 0.05) is 13.0 Å². The highest BCUT2D eigenvalue weighted by Crippen LogP contribution is 2.12. The first-order valence-corrected chi connectivity index (χ1v) is 8.02. The number of hydrogen-bond donors (Lipinski definition) is 2. The molecule has 21 heavy (non-hydrogen) atoms. The van der Waals surface area contributed by atoms with Crippen LogP contribution in [0.2, 0.25) is 0 Å². The average molecular weight is 316 g/mol. The maximum Gasteiger partial charge on any atom is 0.239 e. The zero-order valence-electron chi connectivity index (χ0n) is 11.6. The molecule has 0 aliphatic rings. The number of sulfone groups is 1. The summed E-state index contributed by atoms with van der Waals surface area (Å²) in [4.78, 5) is 22.5. The molecule has 6 nitrogen and oxygen atoms in total. The summed E-state index contributed by atoms with van der Waals surface area (Å²) in [7, 11) is -3.65. The largest absolute Gasteiger partial charge is 0.355 e. The van der Waals surface area contributed by atoms with Gasteiger partial charge in [-0.2, -0.15) is 0 Å². The van der Waals surface area contributed by atoms with E-state index >= 15 is 0 Å². The third-order valence-corrected chi connectivity index (χ3v) is 4.32. The van der Waals surface area contributed by atoms with Crippen molar-refractivity contribution in [2.45, 2.75) is 18.2 Å². The second-order valence-electron chi connectivity index (χ2n) is 4.25. The lowest BCUT2D eigenvalue weighted by Crippen LogP contribution is -2.37. The summed E-state index contributed by atoms with van der Waals surface area (Å²) in [6.07, 6.45) is -0.265. The Hall–Kier alpha value is -1.96. The van der Waals surface area contributed by atoms with E-state index in [4.69, 9.17) is 0 Å². The van der Waals surface area contributed by atoms with Gasteiger partial charge in [-0.25, -0.2) is 12.8 Å². The molecule has 0 atom stereocenters. The quantitative estimate of drug-likeness (QED) is 0.705. The number of amides is 2. The molecule has 0 aromatic heterocycles. The molecule has 0 bridgehead atoms. The summed E-state index contributed by atoms with van der Waals surface area (Å²) in [5.74, 6) is -1.81. The van der Waals surface area contributed by atoms with Crippen molar-refractivity contribution in [3.63, 3.8) is 0 Å². The van der Waals surface area contributed by atoms with Gasteiger partial charge < -0.3 is 10.6 Å². The van der Waals surface area contributed by atoms with Crippen molar-refractivity contribution >= 4 is 21.7 Å². The summed E-state index contributed by atoms with van der Waals surface area (Å²) < 4.78 is 36.5. The standard InChI is InChI=1S/C13H17FN2O4S/c1-2-15-13(18)9-16-12(17)7-8-21(19,20)11-5-3-10(14)4-6-11/h3-6H,2,7-9H2,1H3,(H,15,18)(H,16,17). The number of carbonyl (C=O) groups is 2. The van der Waals surface area contributed by atoms with Crippen LogP contribution in [0, 0.1) is 5.82 Å². The van der Waals surface area contributed by atoms with Gasteiger partial charge in [-0.05, 0) is 31.2 Å². The summed E-state index contributed by atoms with van der Waals surface area (Å²) in [5, 5.41) is 4.82. The minimum atomic E-state index is -3.65. The Kier molecular flexibility index (Phi) is 6.29. The Morgan fingerprint density at radius 3 is 2.29 bits per heavy atom.